The predicted octanol–water partition coefficient (Wildman–Crippen LogP) is 1.91. The zero-order chi connectivity index (χ0) is 12.0. The summed E-state index contributed by atoms with van der Waals surface area (Å²) in [5.74, 6) is -1.26. The zero-order valence-corrected chi connectivity index (χ0v) is 8.94. The third kappa shape index (κ3) is 3.81. The van der Waals surface area contributed by atoms with Crippen LogP contribution in [0.1, 0.15) is 28.4 Å². The first-order valence-corrected chi connectivity index (χ1v) is 4.37. The van der Waals surface area contributed by atoms with Gasteiger partial charge in [0.05, 0.1) is 0 Å². The van der Waals surface area contributed by atoms with E-state index in [1.807, 2.05) is 0 Å². The molecular formula is C11H14O4. The summed E-state index contributed by atoms with van der Waals surface area (Å²) in [6, 6.07) is 3.17. The van der Waals surface area contributed by atoms with Gasteiger partial charge in [-0.25, -0.2) is 4.79 Å². The first kappa shape index (κ1) is 13.2. The lowest BCUT2D eigenvalue weighted by molar-refractivity contribution is -0.106. The topological polar surface area (TPSA) is 74.6 Å². The maximum atomic E-state index is 10.6. The number of benzene rings is 1. The standard InChI is InChI=1S/C9H10O3.C2H4O/c1-5-3-6(2)8(9(11)12)7(10)4-5;1-2-3/h3-4,10H,1-2H3,(H,11,12);2H,1H3. The normalized spacial score (nSPS) is 8.73. The predicted molar refractivity (Wildman–Crippen MR) is 56.3 cm³/mol. The van der Waals surface area contributed by atoms with Crippen molar-refractivity contribution in [3.05, 3.63) is 28.8 Å². The molecule has 0 aromatic heterocycles. The lowest BCUT2D eigenvalue weighted by atomic mass is 10.0. The Morgan fingerprint density at radius 1 is 1.33 bits per heavy atom. The summed E-state index contributed by atoms with van der Waals surface area (Å²) in [6.07, 6.45) is 0.750. The Morgan fingerprint density at radius 2 is 1.80 bits per heavy atom. The molecule has 0 aliphatic carbocycles. The number of aldehydes is 1. The van der Waals surface area contributed by atoms with Crippen molar-refractivity contribution in [2.45, 2.75) is 20.8 Å². The van der Waals surface area contributed by atoms with Gasteiger partial charge in [-0.15, -0.1) is 0 Å². The number of rotatable bonds is 1. The zero-order valence-electron chi connectivity index (χ0n) is 8.94. The van der Waals surface area contributed by atoms with Gasteiger partial charge < -0.3 is 15.0 Å². The molecule has 0 fully saturated rings. The highest BCUT2D eigenvalue weighted by Crippen LogP contribution is 2.22. The van der Waals surface area contributed by atoms with Crippen LogP contribution in [0.3, 0.4) is 0 Å². The van der Waals surface area contributed by atoms with Crippen molar-refractivity contribution in [2.24, 2.45) is 0 Å². The molecule has 0 atom stereocenters. The van der Waals surface area contributed by atoms with Crippen molar-refractivity contribution in [3.8, 4) is 5.75 Å². The Balaban J connectivity index is 0.000000583. The van der Waals surface area contributed by atoms with Gasteiger partial charge in [-0.3, -0.25) is 0 Å². The van der Waals surface area contributed by atoms with Crippen molar-refractivity contribution in [2.75, 3.05) is 0 Å². The van der Waals surface area contributed by atoms with Crippen LogP contribution in [0.2, 0.25) is 0 Å². The van der Waals surface area contributed by atoms with E-state index in [4.69, 9.17) is 9.90 Å². The number of aromatic carboxylic acids is 1. The molecular weight excluding hydrogens is 196 g/mol. The van der Waals surface area contributed by atoms with Gasteiger partial charge in [0.2, 0.25) is 0 Å². The van der Waals surface area contributed by atoms with Crippen molar-refractivity contribution in [1.29, 1.82) is 0 Å². The Labute approximate surface area is 88.2 Å². The fraction of sp³-hybridized carbons (Fsp3) is 0.273. The van der Waals surface area contributed by atoms with Crippen LogP contribution in [0.15, 0.2) is 12.1 Å². The SMILES string of the molecule is CC=O.Cc1cc(C)c(C(=O)O)c(O)c1. The minimum Gasteiger partial charge on any atom is -0.507 e. The first-order valence-electron chi connectivity index (χ1n) is 4.37. The lowest BCUT2D eigenvalue weighted by Gasteiger charge is -2.04. The fourth-order valence-corrected chi connectivity index (χ4v) is 1.22. The molecule has 0 saturated carbocycles. The van der Waals surface area contributed by atoms with Gasteiger partial charge in [0.25, 0.3) is 0 Å². The Kier molecular flexibility index (Phi) is 5.09. The molecule has 1 rings (SSSR count). The number of carboxylic acids is 1. The summed E-state index contributed by atoms with van der Waals surface area (Å²) >= 11 is 0. The average molecular weight is 210 g/mol. The van der Waals surface area contributed by atoms with Crippen LogP contribution in [0.25, 0.3) is 0 Å². The van der Waals surface area contributed by atoms with Crippen molar-refractivity contribution in [3.63, 3.8) is 0 Å². The largest absolute Gasteiger partial charge is 0.507 e. The molecule has 1 aromatic rings. The van der Waals surface area contributed by atoms with E-state index in [2.05, 4.69) is 0 Å². The molecule has 0 radical (unpaired) electrons. The maximum Gasteiger partial charge on any atom is 0.339 e. The molecule has 0 amide bonds. The minimum absolute atomic E-state index is 0.0133. The molecule has 0 saturated heterocycles. The first-order chi connectivity index (χ1) is 6.93. The number of carbonyl (C=O) groups excluding carboxylic acids is 1. The third-order valence-corrected chi connectivity index (χ3v) is 1.67. The second-order valence-electron chi connectivity index (χ2n) is 3.02. The van der Waals surface area contributed by atoms with Crippen LogP contribution in [-0.4, -0.2) is 22.5 Å². The van der Waals surface area contributed by atoms with Gasteiger partial charge in [0.15, 0.2) is 0 Å². The van der Waals surface area contributed by atoms with E-state index in [1.165, 1.54) is 13.0 Å². The van der Waals surface area contributed by atoms with Crippen LogP contribution in [0, 0.1) is 13.8 Å². The Morgan fingerprint density at radius 3 is 2.13 bits per heavy atom. The molecule has 0 heterocycles. The Hall–Kier alpha value is -1.84. The molecule has 0 aliphatic rings. The number of phenols is 1. The van der Waals surface area contributed by atoms with Gasteiger partial charge in [-0.05, 0) is 38.0 Å². The molecule has 4 heteroatoms. The van der Waals surface area contributed by atoms with E-state index in [1.54, 1.807) is 19.9 Å². The van der Waals surface area contributed by atoms with Gasteiger partial charge >= 0.3 is 5.97 Å². The molecule has 15 heavy (non-hydrogen) atoms. The van der Waals surface area contributed by atoms with E-state index in [-0.39, 0.29) is 11.3 Å². The van der Waals surface area contributed by atoms with Gasteiger partial charge in [-0.2, -0.15) is 0 Å². The maximum absolute atomic E-state index is 10.6. The highest BCUT2D eigenvalue weighted by Gasteiger charge is 2.12. The highest BCUT2D eigenvalue weighted by molar-refractivity contribution is 5.92. The van der Waals surface area contributed by atoms with Crippen LogP contribution < -0.4 is 0 Å². The van der Waals surface area contributed by atoms with Crippen molar-refractivity contribution in [1.82, 2.24) is 0 Å². The quantitative estimate of drug-likeness (QED) is 0.694. The van der Waals surface area contributed by atoms with E-state index in [0.717, 1.165) is 11.8 Å². The fourth-order valence-electron chi connectivity index (χ4n) is 1.22. The monoisotopic (exact) mass is 210 g/mol. The highest BCUT2D eigenvalue weighted by atomic mass is 16.4. The summed E-state index contributed by atoms with van der Waals surface area (Å²) in [6.45, 7) is 4.91. The van der Waals surface area contributed by atoms with Crippen LogP contribution in [0.4, 0.5) is 0 Å². The number of aromatic hydroxyl groups is 1. The lowest BCUT2D eigenvalue weighted by Crippen LogP contribution is -2.00. The molecule has 4 nitrogen and oxygen atoms in total. The second kappa shape index (κ2) is 5.80. The van der Waals surface area contributed by atoms with Gasteiger partial charge in [0.1, 0.15) is 17.6 Å². The molecule has 1 aromatic carbocycles. The number of carboxylic acid groups (broad SMARTS) is 1. The molecule has 0 spiro atoms. The summed E-state index contributed by atoms with van der Waals surface area (Å²) in [5.41, 5.74) is 1.43. The minimum atomic E-state index is -1.09. The van der Waals surface area contributed by atoms with Crippen molar-refractivity contribution < 1.29 is 19.8 Å². The number of carbonyl (C=O) groups is 2. The van der Waals surface area contributed by atoms with Crippen LogP contribution >= 0.6 is 0 Å². The second-order valence-corrected chi connectivity index (χ2v) is 3.02. The summed E-state index contributed by atoms with van der Waals surface area (Å²) in [4.78, 5) is 19.4. The summed E-state index contributed by atoms with van der Waals surface area (Å²) in [7, 11) is 0. The molecule has 0 unspecified atom stereocenters. The van der Waals surface area contributed by atoms with Gasteiger partial charge in [-0.1, -0.05) is 6.07 Å². The number of aryl methyl sites for hydroxylation is 2. The van der Waals surface area contributed by atoms with Crippen molar-refractivity contribution >= 4 is 12.3 Å². The molecule has 82 valence electrons. The van der Waals surface area contributed by atoms with E-state index in [9.17, 15) is 9.90 Å². The molecule has 2 N–H and O–H groups in total. The Bertz CT molecular complexity index is 346. The summed E-state index contributed by atoms with van der Waals surface area (Å²) < 4.78 is 0. The van der Waals surface area contributed by atoms with Gasteiger partial charge in [0, 0.05) is 0 Å². The van der Waals surface area contributed by atoms with Crippen LogP contribution in [-0.2, 0) is 4.79 Å². The number of hydrogen-bond donors (Lipinski definition) is 2. The smallest absolute Gasteiger partial charge is 0.339 e. The van der Waals surface area contributed by atoms with E-state index in [0.29, 0.717) is 5.56 Å². The van der Waals surface area contributed by atoms with E-state index < -0.39 is 5.97 Å². The number of hydrogen-bond acceptors (Lipinski definition) is 3. The van der Waals surface area contributed by atoms with Crippen LogP contribution in [0.5, 0.6) is 5.75 Å². The molecule has 0 aliphatic heterocycles. The molecule has 0 bridgehead atoms. The average Bonchev–Trinajstić information content (AvgIpc) is 2.01. The van der Waals surface area contributed by atoms with E-state index >= 15 is 0 Å². The summed E-state index contributed by atoms with van der Waals surface area (Å²) in [5, 5.41) is 17.9. The third-order valence-electron chi connectivity index (χ3n) is 1.67.